The molecule has 2 rings (SSSR count). The molecule has 0 fully saturated rings. The largest absolute Gasteiger partial charge is 0.488 e. The average molecular weight is 539 g/mol. The van der Waals surface area contributed by atoms with Gasteiger partial charge in [-0.3, -0.25) is 4.99 Å². The molecular weight excluding hydrogens is 515 g/mol. The Morgan fingerprint density at radius 1 is 1.36 bits per heavy atom. The van der Waals surface area contributed by atoms with Crippen molar-refractivity contribution < 1.29 is 4.74 Å². The van der Waals surface area contributed by atoms with Crippen molar-refractivity contribution in [1.82, 2.24) is 15.6 Å². The summed E-state index contributed by atoms with van der Waals surface area (Å²) in [6, 6.07) is 7.84. The highest BCUT2D eigenvalue weighted by atomic mass is 127. The molecule has 8 heteroatoms. The first-order chi connectivity index (χ1) is 11.6. The SMILES string of the molecule is CN=C(NCCc1ncc(C)s1)NCC(C)Oc1ccccc1Br.I. The lowest BCUT2D eigenvalue weighted by molar-refractivity contribution is 0.222. The van der Waals surface area contributed by atoms with E-state index in [0.717, 1.165) is 34.2 Å². The molecule has 1 atom stereocenters. The predicted molar refractivity (Wildman–Crippen MR) is 120 cm³/mol. The molecule has 1 heterocycles. The summed E-state index contributed by atoms with van der Waals surface area (Å²) in [6.07, 6.45) is 2.82. The number of guanidine groups is 1. The van der Waals surface area contributed by atoms with Gasteiger partial charge in [0.2, 0.25) is 0 Å². The Morgan fingerprint density at radius 3 is 2.76 bits per heavy atom. The number of para-hydroxylation sites is 1. The monoisotopic (exact) mass is 538 g/mol. The lowest BCUT2D eigenvalue weighted by atomic mass is 10.3. The van der Waals surface area contributed by atoms with Crippen LogP contribution in [0.25, 0.3) is 0 Å². The molecule has 0 amide bonds. The fraction of sp³-hybridized carbons (Fsp3) is 0.412. The Labute approximate surface area is 178 Å². The van der Waals surface area contributed by atoms with Crippen LogP contribution in [-0.2, 0) is 6.42 Å². The Morgan fingerprint density at radius 2 is 2.12 bits per heavy atom. The third-order valence-corrected chi connectivity index (χ3v) is 4.87. The molecule has 0 saturated heterocycles. The van der Waals surface area contributed by atoms with Gasteiger partial charge in [0, 0.05) is 31.1 Å². The van der Waals surface area contributed by atoms with E-state index in [2.05, 4.69) is 43.5 Å². The Hall–Kier alpha value is -0.870. The zero-order chi connectivity index (χ0) is 17.4. The molecule has 1 aromatic heterocycles. The van der Waals surface area contributed by atoms with Crippen molar-refractivity contribution in [2.24, 2.45) is 4.99 Å². The van der Waals surface area contributed by atoms with Gasteiger partial charge in [-0.1, -0.05) is 12.1 Å². The third-order valence-electron chi connectivity index (χ3n) is 3.25. The van der Waals surface area contributed by atoms with E-state index in [0.29, 0.717) is 6.54 Å². The van der Waals surface area contributed by atoms with Gasteiger partial charge in [-0.05, 0) is 41.9 Å². The van der Waals surface area contributed by atoms with E-state index >= 15 is 0 Å². The van der Waals surface area contributed by atoms with Gasteiger partial charge in [0.15, 0.2) is 5.96 Å². The van der Waals surface area contributed by atoms with E-state index < -0.39 is 0 Å². The summed E-state index contributed by atoms with van der Waals surface area (Å²) >= 11 is 5.22. The predicted octanol–water partition coefficient (Wildman–Crippen LogP) is 4.01. The van der Waals surface area contributed by atoms with Crippen LogP contribution in [0.1, 0.15) is 16.8 Å². The number of hydrogen-bond donors (Lipinski definition) is 2. The molecule has 2 aromatic rings. The molecule has 1 unspecified atom stereocenters. The molecule has 0 aliphatic rings. The minimum Gasteiger partial charge on any atom is -0.488 e. The summed E-state index contributed by atoms with van der Waals surface area (Å²) in [5.41, 5.74) is 0. The summed E-state index contributed by atoms with van der Waals surface area (Å²) < 4.78 is 6.87. The maximum absolute atomic E-state index is 5.92. The number of aromatic nitrogens is 1. The molecule has 25 heavy (non-hydrogen) atoms. The number of nitrogens with one attached hydrogen (secondary N) is 2. The number of rotatable bonds is 7. The molecule has 0 aliphatic heterocycles. The molecule has 5 nitrogen and oxygen atoms in total. The van der Waals surface area contributed by atoms with E-state index in [1.54, 1.807) is 18.4 Å². The zero-order valence-electron chi connectivity index (χ0n) is 14.6. The molecule has 0 aliphatic carbocycles. The van der Waals surface area contributed by atoms with Gasteiger partial charge in [0.1, 0.15) is 11.9 Å². The fourth-order valence-electron chi connectivity index (χ4n) is 2.06. The molecule has 0 bridgehead atoms. The zero-order valence-corrected chi connectivity index (χ0v) is 19.3. The standard InChI is InChI=1S/C17H23BrN4OS.HI/c1-12(23-15-7-5-4-6-14(15)18)10-22-17(19-3)20-9-8-16-21-11-13(2)24-16;/h4-7,11-12H,8-10H2,1-3H3,(H2,19,20,22);1H. The maximum atomic E-state index is 5.92. The first-order valence-corrected chi connectivity index (χ1v) is 9.46. The second-order valence-corrected chi connectivity index (χ2v) is 7.53. The van der Waals surface area contributed by atoms with Crippen molar-refractivity contribution in [2.45, 2.75) is 26.4 Å². The van der Waals surface area contributed by atoms with Crippen LogP contribution < -0.4 is 15.4 Å². The number of halogens is 2. The smallest absolute Gasteiger partial charge is 0.191 e. The van der Waals surface area contributed by atoms with E-state index in [9.17, 15) is 0 Å². The van der Waals surface area contributed by atoms with Crippen molar-refractivity contribution in [1.29, 1.82) is 0 Å². The average Bonchev–Trinajstić information content (AvgIpc) is 2.98. The molecule has 138 valence electrons. The first-order valence-electron chi connectivity index (χ1n) is 7.85. The van der Waals surface area contributed by atoms with Gasteiger partial charge >= 0.3 is 0 Å². The minimum atomic E-state index is 0. The van der Waals surface area contributed by atoms with Gasteiger partial charge in [0.25, 0.3) is 0 Å². The van der Waals surface area contributed by atoms with Gasteiger partial charge in [-0.15, -0.1) is 35.3 Å². The van der Waals surface area contributed by atoms with Crippen LogP contribution in [-0.4, -0.2) is 37.2 Å². The van der Waals surface area contributed by atoms with Crippen LogP contribution >= 0.6 is 51.2 Å². The number of ether oxygens (including phenoxy) is 1. The summed E-state index contributed by atoms with van der Waals surface area (Å²) in [6.45, 7) is 5.56. The molecule has 0 spiro atoms. The van der Waals surface area contributed by atoms with Gasteiger partial charge in [-0.25, -0.2) is 4.98 Å². The normalized spacial score (nSPS) is 12.2. The number of thiazole rings is 1. The van der Waals surface area contributed by atoms with Crippen LogP contribution in [0.3, 0.4) is 0 Å². The van der Waals surface area contributed by atoms with Crippen LogP contribution in [0, 0.1) is 6.92 Å². The van der Waals surface area contributed by atoms with E-state index in [1.807, 2.05) is 37.4 Å². The van der Waals surface area contributed by atoms with Gasteiger partial charge in [0.05, 0.1) is 16.0 Å². The minimum absolute atomic E-state index is 0. The van der Waals surface area contributed by atoms with Crippen LogP contribution in [0.15, 0.2) is 39.9 Å². The Kier molecular flexibility index (Phi) is 10.4. The number of benzene rings is 1. The fourth-order valence-corrected chi connectivity index (χ4v) is 3.23. The third kappa shape index (κ3) is 7.91. The second kappa shape index (κ2) is 11.7. The summed E-state index contributed by atoms with van der Waals surface area (Å²) in [5.74, 6) is 1.61. The molecule has 0 saturated carbocycles. The highest BCUT2D eigenvalue weighted by molar-refractivity contribution is 14.0. The topological polar surface area (TPSA) is 58.5 Å². The first kappa shape index (κ1) is 22.2. The summed E-state index contributed by atoms with van der Waals surface area (Å²) in [7, 11) is 1.77. The highest BCUT2D eigenvalue weighted by Crippen LogP contribution is 2.24. The van der Waals surface area contributed by atoms with Crippen molar-refractivity contribution in [2.75, 3.05) is 20.1 Å². The lowest BCUT2D eigenvalue weighted by Crippen LogP contribution is -2.42. The Balaban J connectivity index is 0.00000312. The van der Waals surface area contributed by atoms with E-state index in [-0.39, 0.29) is 30.1 Å². The van der Waals surface area contributed by atoms with Crippen molar-refractivity contribution in [3.63, 3.8) is 0 Å². The highest BCUT2D eigenvalue weighted by Gasteiger charge is 2.08. The molecule has 1 aromatic carbocycles. The second-order valence-electron chi connectivity index (χ2n) is 5.35. The molecule has 2 N–H and O–H groups in total. The lowest BCUT2D eigenvalue weighted by Gasteiger charge is -2.18. The van der Waals surface area contributed by atoms with Crippen molar-refractivity contribution in [3.8, 4) is 5.75 Å². The molecular formula is C17H24BrIN4OS. The van der Waals surface area contributed by atoms with Crippen LogP contribution in [0.5, 0.6) is 5.75 Å². The van der Waals surface area contributed by atoms with Crippen LogP contribution in [0.2, 0.25) is 0 Å². The maximum Gasteiger partial charge on any atom is 0.191 e. The summed E-state index contributed by atoms with van der Waals surface area (Å²) in [5, 5.41) is 7.72. The molecule has 0 radical (unpaired) electrons. The van der Waals surface area contributed by atoms with E-state index in [4.69, 9.17) is 4.74 Å². The number of nitrogens with zero attached hydrogens (tertiary/aromatic N) is 2. The van der Waals surface area contributed by atoms with Crippen molar-refractivity contribution in [3.05, 3.63) is 44.8 Å². The summed E-state index contributed by atoms with van der Waals surface area (Å²) in [4.78, 5) is 9.84. The number of hydrogen-bond acceptors (Lipinski definition) is 4. The quantitative estimate of drug-likeness (QED) is 0.318. The van der Waals surface area contributed by atoms with Crippen molar-refractivity contribution >= 4 is 57.2 Å². The number of aliphatic imine (C=N–C) groups is 1. The Bertz CT molecular complexity index is 680. The van der Waals surface area contributed by atoms with Gasteiger partial charge in [-0.2, -0.15) is 0 Å². The van der Waals surface area contributed by atoms with E-state index in [1.165, 1.54) is 4.88 Å². The number of aryl methyl sites for hydroxylation is 1. The van der Waals surface area contributed by atoms with Crippen LogP contribution in [0.4, 0.5) is 0 Å². The van der Waals surface area contributed by atoms with Gasteiger partial charge < -0.3 is 15.4 Å².